The molecule has 78 valence electrons. The Kier molecular flexibility index (Phi) is 6.59. The fraction of sp³-hybridized carbons (Fsp3) is 0.900. The molecule has 0 aromatic heterocycles. The van der Waals surface area contributed by atoms with E-state index in [1.165, 1.54) is 12.8 Å². The predicted octanol–water partition coefficient (Wildman–Crippen LogP) is 1.86. The molecule has 0 aromatic carbocycles. The fourth-order valence-corrected chi connectivity index (χ4v) is 1.46. The maximum Gasteiger partial charge on any atom is 0.307 e. The second-order valence-corrected chi connectivity index (χ2v) is 3.74. The average Bonchev–Trinajstić information content (AvgIpc) is 2.05. The first-order chi connectivity index (χ1) is 6.11. The van der Waals surface area contributed by atoms with Crippen LogP contribution >= 0.6 is 0 Å². The van der Waals surface area contributed by atoms with Crippen LogP contribution in [0.5, 0.6) is 0 Å². The van der Waals surface area contributed by atoms with Crippen LogP contribution in [0, 0.1) is 11.8 Å². The molecule has 0 bridgehead atoms. The summed E-state index contributed by atoms with van der Waals surface area (Å²) in [5, 5.41) is 8.74. The van der Waals surface area contributed by atoms with Crippen molar-refractivity contribution < 1.29 is 9.90 Å². The highest BCUT2D eigenvalue weighted by atomic mass is 16.4. The molecule has 0 saturated carbocycles. The van der Waals surface area contributed by atoms with Crippen LogP contribution in [0.25, 0.3) is 0 Å². The largest absolute Gasteiger partial charge is 0.481 e. The second-order valence-electron chi connectivity index (χ2n) is 3.74. The van der Waals surface area contributed by atoms with Crippen molar-refractivity contribution in [1.29, 1.82) is 0 Å². The molecule has 0 aliphatic heterocycles. The molecule has 0 heterocycles. The molecule has 0 fully saturated rings. The zero-order valence-corrected chi connectivity index (χ0v) is 8.62. The maximum atomic E-state index is 10.6. The third-order valence-electron chi connectivity index (χ3n) is 2.42. The SMILES string of the molecule is CCC[C@@H](C)CC[C@H](CN)C(=O)O. The van der Waals surface area contributed by atoms with Gasteiger partial charge in [0.25, 0.3) is 0 Å². The summed E-state index contributed by atoms with van der Waals surface area (Å²) in [5.41, 5.74) is 5.35. The van der Waals surface area contributed by atoms with E-state index < -0.39 is 5.97 Å². The molecule has 3 heteroatoms. The number of carboxylic acid groups (broad SMARTS) is 1. The van der Waals surface area contributed by atoms with Gasteiger partial charge in [0.15, 0.2) is 0 Å². The van der Waals surface area contributed by atoms with Gasteiger partial charge in [0.2, 0.25) is 0 Å². The van der Waals surface area contributed by atoms with Crippen LogP contribution in [0.2, 0.25) is 0 Å². The molecule has 0 radical (unpaired) electrons. The number of aliphatic carboxylic acids is 1. The van der Waals surface area contributed by atoms with Crippen LogP contribution in [0.1, 0.15) is 39.5 Å². The van der Waals surface area contributed by atoms with Gasteiger partial charge in [-0.15, -0.1) is 0 Å². The van der Waals surface area contributed by atoms with Crippen molar-refractivity contribution in [3.8, 4) is 0 Å². The molecule has 0 spiro atoms. The van der Waals surface area contributed by atoms with Crippen molar-refractivity contribution in [1.82, 2.24) is 0 Å². The lowest BCUT2D eigenvalue weighted by atomic mass is 9.94. The normalized spacial score (nSPS) is 15.3. The Hall–Kier alpha value is -0.570. The number of rotatable bonds is 7. The minimum absolute atomic E-state index is 0.258. The highest BCUT2D eigenvalue weighted by Gasteiger charge is 2.15. The van der Waals surface area contributed by atoms with Gasteiger partial charge < -0.3 is 10.8 Å². The third-order valence-corrected chi connectivity index (χ3v) is 2.42. The van der Waals surface area contributed by atoms with Crippen molar-refractivity contribution in [3.05, 3.63) is 0 Å². The van der Waals surface area contributed by atoms with Gasteiger partial charge >= 0.3 is 5.97 Å². The highest BCUT2D eigenvalue weighted by Crippen LogP contribution is 2.16. The van der Waals surface area contributed by atoms with Crippen LogP contribution in [0.15, 0.2) is 0 Å². The average molecular weight is 187 g/mol. The quantitative estimate of drug-likeness (QED) is 0.639. The second kappa shape index (κ2) is 6.89. The van der Waals surface area contributed by atoms with Crippen LogP contribution in [0.4, 0.5) is 0 Å². The van der Waals surface area contributed by atoms with Gasteiger partial charge in [-0.1, -0.05) is 26.7 Å². The minimum Gasteiger partial charge on any atom is -0.481 e. The number of hydrogen-bond donors (Lipinski definition) is 2. The molecule has 0 aliphatic rings. The Morgan fingerprint density at radius 1 is 1.38 bits per heavy atom. The van der Waals surface area contributed by atoms with Gasteiger partial charge in [-0.25, -0.2) is 0 Å². The molecular weight excluding hydrogens is 166 g/mol. The Morgan fingerprint density at radius 3 is 2.38 bits per heavy atom. The monoisotopic (exact) mass is 187 g/mol. The first-order valence-corrected chi connectivity index (χ1v) is 5.04. The number of carboxylic acids is 1. The van der Waals surface area contributed by atoms with E-state index in [9.17, 15) is 4.79 Å². The molecule has 0 saturated heterocycles. The van der Waals surface area contributed by atoms with E-state index in [4.69, 9.17) is 10.8 Å². The Balaban J connectivity index is 3.65. The summed E-state index contributed by atoms with van der Waals surface area (Å²) >= 11 is 0. The van der Waals surface area contributed by atoms with E-state index in [0.29, 0.717) is 12.3 Å². The Morgan fingerprint density at radius 2 is 2.00 bits per heavy atom. The molecule has 0 amide bonds. The molecule has 13 heavy (non-hydrogen) atoms. The first kappa shape index (κ1) is 12.4. The van der Waals surface area contributed by atoms with Crippen LogP contribution in [-0.2, 0) is 4.79 Å². The summed E-state index contributed by atoms with van der Waals surface area (Å²) in [6.07, 6.45) is 4.04. The summed E-state index contributed by atoms with van der Waals surface area (Å²) in [6.45, 7) is 4.57. The first-order valence-electron chi connectivity index (χ1n) is 5.04. The van der Waals surface area contributed by atoms with Crippen LogP contribution in [0.3, 0.4) is 0 Å². The summed E-state index contributed by atoms with van der Waals surface area (Å²) in [5.74, 6) is -0.482. The molecule has 0 aliphatic carbocycles. The van der Waals surface area contributed by atoms with Gasteiger partial charge in [-0.2, -0.15) is 0 Å². The van der Waals surface area contributed by atoms with Crippen molar-refractivity contribution in [2.45, 2.75) is 39.5 Å². The molecule has 3 N–H and O–H groups in total. The van der Waals surface area contributed by atoms with Crippen molar-refractivity contribution >= 4 is 5.97 Å². The van der Waals surface area contributed by atoms with Crippen LogP contribution in [-0.4, -0.2) is 17.6 Å². The van der Waals surface area contributed by atoms with Gasteiger partial charge in [-0.3, -0.25) is 4.79 Å². The summed E-state index contributed by atoms with van der Waals surface area (Å²) in [6, 6.07) is 0. The fourth-order valence-electron chi connectivity index (χ4n) is 1.46. The topological polar surface area (TPSA) is 63.3 Å². The number of hydrogen-bond acceptors (Lipinski definition) is 2. The molecule has 3 nitrogen and oxygen atoms in total. The minimum atomic E-state index is -0.758. The number of nitrogens with two attached hydrogens (primary N) is 1. The summed E-state index contributed by atoms with van der Waals surface area (Å²) in [4.78, 5) is 10.6. The van der Waals surface area contributed by atoms with E-state index in [1.54, 1.807) is 0 Å². The van der Waals surface area contributed by atoms with Crippen LogP contribution < -0.4 is 5.73 Å². The zero-order valence-electron chi connectivity index (χ0n) is 8.62. The summed E-state index contributed by atoms with van der Waals surface area (Å²) in [7, 11) is 0. The molecule has 2 atom stereocenters. The van der Waals surface area contributed by atoms with Gasteiger partial charge in [0.05, 0.1) is 5.92 Å². The lowest BCUT2D eigenvalue weighted by Crippen LogP contribution is -2.23. The number of carbonyl (C=O) groups is 1. The van der Waals surface area contributed by atoms with E-state index in [0.717, 1.165) is 6.42 Å². The van der Waals surface area contributed by atoms with E-state index in [-0.39, 0.29) is 12.5 Å². The Bertz CT molecular complexity index is 148. The zero-order chi connectivity index (χ0) is 10.3. The molecular formula is C10H21NO2. The Labute approximate surface area is 80.3 Å². The van der Waals surface area contributed by atoms with Gasteiger partial charge in [0.1, 0.15) is 0 Å². The lowest BCUT2D eigenvalue weighted by Gasteiger charge is -2.13. The smallest absolute Gasteiger partial charge is 0.307 e. The van der Waals surface area contributed by atoms with E-state index in [2.05, 4.69) is 13.8 Å². The predicted molar refractivity (Wildman–Crippen MR) is 53.5 cm³/mol. The highest BCUT2D eigenvalue weighted by molar-refractivity contribution is 5.70. The van der Waals surface area contributed by atoms with Crippen molar-refractivity contribution in [2.24, 2.45) is 17.6 Å². The van der Waals surface area contributed by atoms with Gasteiger partial charge in [-0.05, 0) is 18.8 Å². The molecule has 0 rings (SSSR count). The van der Waals surface area contributed by atoms with E-state index in [1.807, 2.05) is 0 Å². The standard InChI is InChI=1S/C10H21NO2/c1-3-4-8(2)5-6-9(7-11)10(12)13/h8-9H,3-7,11H2,1-2H3,(H,12,13)/t8-,9-/m1/s1. The summed E-state index contributed by atoms with van der Waals surface area (Å²) < 4.78 is 0. The lowest BCUT2D eigenvalue weighted by molar-refractivity contribution is -0.141. The molecule has 0 aromatic rings. The maximum absolute atomic E-state index is 10.6. The molecule has 0 unspecified atom stereocenters. The van der Waals surface area contributed by atoms with E-state index >= 15 is 0 Å². The van der Waals surface area contributed by atoms with Crippen molar-refractivity contribution in [3.63, 3.8) is 0 Å². The van der Waals surface area contributed by atoms with Gasteiger partial charge in [0, 0.05) is 6.54 Å². The van der Waals surface area contributed by atoms with Crippen molar-refractivity contribution in [2.75, 3.05) is 6.54 Å². The third kappa shape index (κ3) is 5.64.